The lowest BCUT2D eigenvalue weighted by Crippen LogP contribution is -2.29. The zero-order chi connectivity index (χ0) is 12.8. The third-order valence-electron chi connectivity index (χ3n) is 3.01. The molecule has 1 aromatic rings. The Morgan fingerprint density at radius 1 is 1.35 bits per heavy atom. The third kappa shape index (κ3) is 3.84. The van der Waals surface area contributed by atoms with E-state index in [-0.39, 0.29) is 12.5 Å². The standard InChI is InChI=1S/C13H19NO3/c1-9(12(15)8-14)7-11(13(16)17)10-5-3-2-4-6-10/h2-6,9,11-12,15H,7-8,14H2,1H3,(H,16,17). The summed E-state index contributed by atoms with van der Waals surface area (Å²) in [7, 11) is 0. The molecule has 1 aromatic carbocycles. The van der Waals surface area contributed by atoms with Crippen LogP contribution in [0.15, 0.2) is 30.3 Å². The van der Waals surface area contributed by atoms with Crippen molar-refractivity contribution in [3.05, 3.63) is 35.9 Å². The summed E-state index contributed by atoms with van der Waals surface area (Å²) in [6.07, 6.45) is -0.266. The fraction of sp³-hybridized carbons (Fsp3) is 0.462. The first-order chi connectivity index (χ1) is 8.06. The van der Waals surface area contributed by atoms with E-state index in [1.165, 1.54) is 0 Å². The van der Waals surface area contributed by atoms with E-state index in [4.69, 9.17) is 5.73 Å². The summed E-state index contributed by atoms with van der Waals surface area (Å²) >= 11 is 0. The fourth-order valence-electron chi connectivity index (χ4n) is 1.83. The zero-order valence-corrected chi connectivity index (χ0v) is 9.91. The minimum Gasteiger partial charge on any atom is -0.481 e. The molecule has 0 aliphatic carbocycles. The van der Waals surface area contributed by atoms with Crippen LogP contribution in [0.3, 0.4) is 0 Å². The molecule has 0 bridgehead atoms. The van der Waals surface area contributed by atoms with Gasteiger partial charge in [-0.2, -0.15) is 0 Å². The Morgan fingerprint density at radius 3 is 2.41 bits per heavy atom. The molecular formula is C13H19NO3. The van der Waals surface area contributed by atoms with E-state index >= 15 is 0 Å². The summed E-state index contributed by atoms with van der Waals surface area (Å²) in [5, 5.41) is 18.8. The number of carbonyl (C=O) groups is 1. The molecule has 1 rings (SSSR count). The summed E-state index contributed by atoms with van der Waals surface area (Å²) in [6.45, 7) is 1.97. The Hall–Kier alpha value is -1.39. The normalized spacial score (nSPS) is 16.2. The maximum atomic E-state index is 11.2. The second-order valence-corrected chi connectivity index (χ2v) is 4.32. The molecule has 0 aliphatic rings. The molecule has 0 radical (unpaired) electrons. The second-order valence-electron chi connectivity index (χ2n) is 4.32. The van der Waals surface area contributed by atoms with Crippen LogP contribution in [-0.2, 0) is 4.79 Å². The van der Waals surface area contributed by atoms with E-state index in [0.29, 0.717) is 6.42 Å². The number of aliphatic hydroxyl groups is 1. The Morgan fingerprint density at radius 2 is 1.94 bits per heavy atom. The molecule has 4 N–H and O–H groups in total. The Bertz CT molecular complexity index is 353. The summed E-state index contributed by atoms with van der Waals surface area (Å²) < 4.78 is 0. The van der Waals surface area contributed by atoms with Crippen molar-refractivity contribution in [2.24, 2.45) is 11.7 Å². The van der Waals surface area contributed by atoms with Gasteiger partial charge in [0.25, 0.3) is 0 Å². The number of hydrogen-bond acceptors (Lipinski definition) is 3. The van der Waals surface area contributed by atoms with E-state index in [2.05, 4.69) is 0 Å². The molecule has 17 heavy (non-hydrogen) atoms. The first-order valence-electron chi connectivity index (χ1n) is 5.72. The maximum Gasteiger partial charge on any atom is 0.310 e. The average molecular weight is 237 g/mol. The van der Waals surface area contributed by atoms with Crippen molar-refractivity contribution in [2.75, 3.05) is 6.54 Å². The second kappa shape index (κ2) is 6.37. The van der Waals surface area contributed by atoms with Crippen molar-refractivity contribution in [1.29, 1.82) is 0 Å². The van der Waals surface area contributed by atoms with Crippen LogP contribution in [0.5, 0.6) is 0 Å². The Kier molecular flexibility index (Phi) is 5.12. The summed E-state index contributed by atoms with van der Waals surface area (Å²) in [4.78, 5) is 11.2. The van der Waals surface area contributed by atoms with Gasteiger partial charge in [0.2, 0.25) is 0 Å². The number of nitrogens with two attached hydrogens (primary N) is 1. The van der Waals surface area contributed by atoms with Crippen LogP contribution in [0, 0.1) is 5.92 Å². The van der Waals surface area contributed by atoms with E-state index < -0.39 is 18.0 Å². The van der Waals surface area contributed by atoms with E-state index in [1.807, 2.05) is 25.1 Å². The van der Waals surface area contributed by atoms with Gasteiger partial charge in [0, 0.05) is 6.54 Å². The first kappa shape index (κ1) is 13.7. The van der Waals surface area contributed by atoms with Crippen LogP contribution in [0.2, 0.25) is 0 Å². The highest BCUT2D eigenvalue weighted by Gasteiger charge is 2.25. The quantitative estimate of drug-likeness (QED) is 0.694. The highest BCUT2D eigenvalue weighted by atomic mass is 16.4. The lowest BCUT2D eigenvalue weighted by Gasteiger charge is -2.21. The number of carboxylic acid groups (broad SMARTS) is 1. The van der Waals surface area contributed by atoms with Gasteiger partial charge in [-0.3, -0.25) is 4.79 Å². The predicted octanol–water partition coefficient (Wildman–Crippen LogP) is 1.20. The van der Waals surface area contributed by atoms with Crippen LogP contribution in [-0.4, -0.2) is 28.8 Å². The number of benzene rings is 1. The van der Waals surface area contributed by atoms with Gasteiger partial charge in [0.05, 0.1) is 12.0 Å². The van der Waals surface area contributed by atoms with Crippen LogP contribution >= 0.6 is 0 Å². The molecule has 3 atom stereocenters. The van der Waals surface area contributed by atoms with Crippen molar-refractivity contribution in [3.8, 4) is 0 Å². The molecule has 4 heteroatoms. The monoisotopic (exact) mass is 237 g/mol. The van der Waals surface area contributed by atoms with Gasteiger partial charge in [0.1, 0.15) is 0 Å². The molecule has 0 spiro atoms. The maximum absolute atomic E-state index is 11.2. The Balaban J connectivity index is 2.78. The Labute approximate surface area is 101 Å². The summed E-state index contributed by atoms with van der Waals surface area (Å²) in [5.41, 5.74) is 6.13. The molecule has 0 saturated heterocycles. The average Bonchev–Trinajstić information content (AvgIpc) is 2.35. The van der Waals surface area contributed by atoms with Gasteiger partial charge in [-0.1, -0.05) is 37.3 Å². The highest BCUT2D eigenvalue weighted by Crippen LogP contribution is 2.25. The van der Waals surface area contributed by atoms with Crippen molar-refractivity contribution in [2.45, 2.75) is 25.4 Å². The van der Waals surface area contributed by atoms with Crippen molar-refractivity contribution < 1.29 is 15.0 Å². The molecule has 0 aliphatic heterocycles. The smallest absolute Gasteiger partial charge is 0.310 e. The van der Waals surface area contributed by atoms with Crippen molar-refractivity contribution in [1.82, 2.24) is 0 Å². The predicted molar refractivity (Wildman–Crippen MR) is 65.7 cm³/mol. The number of aliphatic hydroxyl groups excluding tert-OH is 1. The summed E-state index contributed by atoms with van der Waals surface area (Å²) in [5.74, 6) is -1.60. The van der Waals surface area contributed by atoms with Gasteiger partial charge in [-0.05, 0) is 17.9 Å². The lowest BCUT2D eigenvalue weighted by molar-refractivity contribution is -0.139. The molecule has 94 valence electrons. The van der Waals surface area contributed by atoms with Crippen LogP contribution in [0.4, 0.5) is 0 Å². The number of rotatable bonds is 6. The SMILES string of the molecule is CC(CC(C(=O)O)c1ccccc1)C(O)CN. The number of carboxylic acids is 1. The molecular weight excluding hydrogens is 218 g/mol. The molecule has 0 saturated carbocycles. The molecule has 0 heterocycles. The van der Waals surface area contributed by atoms with Crippen molar-refractivity contribution >= 4 is 5.97 Å². The molecule has 3 unspecified atom stereocenters. The molecule has 0 aromatic heterocycles. The van der Waals surface area contributed by atoms with E-state index in [1.54, 1.807) is 12.1 Å². The molecule has 4 nitrogen and oxygen atoms in total. The number of hydrogen-bond donors (Lipinski definition) is 3. The fourth-order valence-corrected chi connectivity index (χ4v) is 1.83. The topological polar surface area (TPSA) is 83.5 Å². The highest BCUT2D eigenvalue weighted by molar-refractivity contribution is 5.76. The lowest BCUT2D eigenvalue weighted by atomic mass is 9.87. The minimum absolute atomic E-state index is 0.138. The first-order valence-corrected chi connectivity index (χ1v) is 5.72. The van der Waals surface area contributed by atoms with Gasteiger partial charge < -0.3 is 15.9 Å². The van der Waals surface area contributed by atoms with Gasteiger partial charge in [0.15, 0.2) is 0 Å². The zero-order valence-electron chi connectivity index (χ0n) is 9.91. The van der Waals surface area contributed by atoms with Crippen LogP contribution < -0.4 is 5.73 Å². The number of aliphatic carboxylic acids is 1. The van der Waals surface area contributed by atoms with E-state index in [9.17, 15) is 15.0 Å². The third-order valence-corrected chi connectivity index (χ3v) is 3.01. The molecule has 0 amide bonds. The van der Waals surface area contributed by atoms with Gasteiger partial charge >= 0.3 is 5.97 Å². The van der Waals surface area contributed by atoms with Gasteiger partial charge in [-0.25, -0.2) is 0 Å². The van der Waals surface area contributed by atoms with Crippen LogP contribution in [0.25, 0.3) is 0 Å². The van der Waals surface area contributed by atoms with E-state index in [0.717, 1.165) is 5.56 Å². The minimum atomic E-state index is -0.868. The molecule has 0 fully saturated rings. The van der Waals surface area contributed by atoms with Crippen LogP contribution in [0.1, 0.15) is 24.8 Å². The summed E-state index contributed by atoms with van der Waals surface area (Å²) in [6, 6.07) is 9.06. The van der Waals surface area contributed by atoms with Gasteiger partial charge in [-0.15, -0.1) is 0 Å². The van der Waals surface area contributed by atoms with Crippen molar-refractivity contribution in [3.63, 3.8) is 0 Å². The largest absolute Gasteiger partial charge is 0.481 e.